The molecule has 0 N–H and O–H groups in total. The first-order valence-electron chi connectivity index (χ1n) is 9.90. The summed E-state index contributed by atoms with van der Waals surface area (Å²) in [4.78, 5) is 40.3. The van der Waals surface area contributed by atoms with Crippen LogP contribution in [0.1, 0.15) is 17.3 Å². The van der Waals surface area contributed by atoms with Crippen molar-refractivity contribution in [2.24, 2.45) is 0 Å². The Morgan fingerprint density at radius 3 is 2.47 bits per heavy atom. The minimum Gasteiger partial charge on any atom is -0.308 e. The van der Waals surface area contributed by atoms with Crippen molar-refractivity contribution >= 4 is 43.7 Å². The van der Waals surface area contributed by atoms with Gasteiger partial charge in [0.1, 0.15) is 0 Å². The lowest BCUT2D eigenvalue weighted by Crippen LogP contribution is -2.39. The maximum Gasteiger partial charge on any atom is 0.336 e. The zero-order valence-corrected chi connectivity index (χ0v) is 17.1. The topological polar surface area (TPSA) is 63.8 Å². The Kier molecular flexibility index (Phi) is 4.01. The van der Waals surface area contributed by atoms with Gasteiger partial charge in [0.05, 0.1) is 16.4 Å². The van der Waals surface area contributed by atoms with E-state index in [4.69, 9.17) is 0 Å². The van der Waals surface area contributed by atoms with Gasteiger partial charge in [-0.05, 0) is 50.0 Å². The van der Waals surface area contributed by atoms with E-state index in [0.29, 0.717) is 29.6 Å². The van der Waals surface area contributed by atoms with Gasteiger partial charge < -0.3 is 4.90 Å². The largest absolute Gasteiger partial charge is 0.336 e. The molecule has 3 aromatic carbocycles. The van der Waals surface area contributed by atoms with Gasteiger partial charge in [-0.1, -0.05) is 30.3 Å². The van der Waals surface area contributed by atoms with Crippen LogP contribution >= 0.6 is 0 Å². The Morgan fingerprint density at radius 2 is 1.73 bits per heavy atom. The highest BCUT2D eigenvalue weighted by atomic mass is 16.2. The molecule has 6 nitrogen and oxygen atoms in total. The number of hydrogen-bond acceptors (Lipinski definition) is 4. The van der Waals surface area contributed by atoms with Crippen LogP contribution in [0.2, 0.25) is 0 Å². The number of fused-ring (bicyclic) bond motifs is 5. The molecule has 0 aliphatic carbocycles. The fourth-order valence-electron chi connectivity index (χ4n) is 4.33. The molecule has 0 amide bonds. The lowest BCUT2D eigenvalue weighted by atomic mass is 10.0. The smallest absolute Gasteiger partial charge is 0.308 e. The summed E-state index contributed by atoms with van der Waals surface area (Å²) in [6.45, 7) is 2.47. The second-order valence-electron chi connectivity index (χ2n) is 8.03. The van der Waals surface area contributed by atoms with Gasteiger partial charge in [-0.2, -0.15) is 0 Å². The predicted octanol–water partition coefficient (Wildman–Crippen LogP) is 3.12. The minimum absolute atomic E-state index is 0.0111. The molecule has 0 bridgehead atoms. The van der Waals surface area contributed by atoms with Gasteiger partial charge >= 0.3 is 5.69 Å². The van der Waals surface area contributed by atoms with E-state index in [1.54, 1.807) is 17.4 Å². The number of nitrogens with zero attached hydrogens (tertiary/aromatic N) is 3. The van der Waals surface area contributed by atoms with Crippen LogP contribution in [0.4, 0.5) is 0 Å². The van der Waals surface area contributed by atoms with Crippen molar-refractivity contribution in [1.29, 1.82) is 0 Å². The van der Waals surface area contributed by atoms with Crippen molar-refractivity contribution in [2.75, 3.05) is 20.6 Å². The average molecular weight is 399 g/mol. The van der Waals surface area contributed by atoms with Crippen molar-refractivity contribution < 1.29 is 4.79 Å². The molecular formula is C24H21N3O3. The number of rotatable bonds is 4. The highest BCUT2D eigenvalue weighted by molar-refractivity contribution is 6.23. The Morgan fingerprint density at radius 1 is 0.967 bits per heavy atom. The van der Waals surface area contributed by atoms with Gasteiger partial charge in [0, 0.05) is 29.4 Å². The standard InChI is InChI=1S/C24H21N3O3/c1-14(28)15-7-9-17-16(13-15)8-10-20-21(17)18-5-4-6-19-22(18)27(20)24(30)26(23(19)29)12-11-25(2)3/h4-10,13H,11-12H2,1-3H3. The van der Waals surface area contributed by atoms with E-state index in [-0.39, 0.29) is 17.0 Å². The molecule has 0 spiro atoms. The summed E-state index contributed by atoms with van der Waals surface area (Å²) in [6, 6.07) is 15.1. The SMILES string of the molecule is CC(=O)c1ccc2c(ccc3c2c2cccc4c(=O)n(CCN(C)C)c(=O)n3c42)c1. The first kappa shape index (κ1) is 18.5. The zero-order chi connectivity index (χ0) is 21.2. The Hall–Kier alpha value is -3.51. The third kappa shape index (κ3) is 2.50. The summed E-state index contributed by atoms with van der Waals surface area (Å²) < 4.78 is 2.99. The number of ketones is 1. The molecule has 2 aromatic heterocycles. The Bertz CT molecular complexity index is 1590. The fraction of sp³-hybridized carbons (Fsp3) is 0.208. The van der Waals surface area contributed by atoms with E-state index in [1.165, 1.54) is 4.57 Å². The van der Waals surface area contributed by atoms with E-state index in [0.717, 1.165) is 27.1 Å². The third-order valence-corrected chi connectivity index (χ3v) is 5.84. The number of benzene rings is 3. The first-order valence-corrected chi connectivity index (χ1v) is 9.90. The fourth-order valence-corrected chi connectivity index (χ4v) is 4.33. The van der Waals surface area contributed by atoms with E-state index < -0.39 is 0 Å². The highest BCUT2D eigenvalue weighted by Gasteiger charge is 2.20. The maximum absolute atomic E-state index is 13.4. The van der Waals surface area contributed by atoms with Crippen molar-refractivity contribution in [3.63, 3.8) is 0 Å². The van der Waals surface area contributed by atoms with Crippen LogP contribution in [0.3, 0.4) is 0 Å². The molecule has 0 radical (unpaired) electrons. The summed E-state index contributed by atoms with van der Waals surface area (Å²) in [5, 5.41) is 4.23. The number of carbonyl (C=O) groups is 1. The van der Waals surface area contributed by atoms with E-state index in [2.05, 4.69) is 0 Å². The molecule has 150 valence electrons. The molecule has 0 saturated carbocycles. The van der Waals surface area contributed by atoms with Gasteiger partial charge in [0.2, 0.25) is 0 Å². The highest BCUT2D eigenvalue weighted by Crippen LogP contribution is 2.35. The molecule has 2 heterocycles. The van der Waals surface area contributed by atoms with Crippen LogP contribution in [-0.4, -0.2) is 40.3 Å². The van der Waals surface area contributed by atoms with Crippen LogP contribution in [0.5, 0.6) is 0 Å². The van der Waals surface area contributed by atoms with Gasteiger partial charge in [0.25, 0.3) is 5.56 Å². The van der Waals surface area contributed by atoms with Crippen LogP contribution in [0.25, 0.3) is 38.0 Å². The van der Waals surface area contributed by atoms with Gasteiger partial charge in [-0.15, -0.1) is 0 Å². The van der Waals surface area contributed by atoms with Crippen LogP contribution < -0.4 is 11.2 Å². The van der Waals surface area contributed by atoms with Crippen molar-refractivity contribution in [2.45, 2.75) is 13.5 Å². The number of para-hydroxylation sites is 1. The van der Waals surface area contributed by atoms with E-state index >= 15 is 0 Å². The zero-order valence-electron chi connectivity index (χ0n) is 17.1. The Labute approximate surface area is 171 Å². The molecular weight excluding hydrogens is 378 g/mol. The molecule has 0 unspecified atom stereocenters. The average Bonchev–Trinajstić information content (AvgIpc) is 3.07. The maximum atomic E-state index is 13.4. The number of Topliss-reactive ketones (excluding diaryl/α,β-unsaturated/α-hetero) is 1. The van der Waals surface area contributed by atoms with E-state index in [1.807, 2.05) is 61.5 Å². The van der Waals surface area contributed by atoms with Gasteiger partial charge in [-0.25, -0.2) is 4.79 Å². The van der Waals surface area contributed by atoms with Gasteiger partial charge in [0.15, 0.2) is 5.78 Å². The molecule has 5 aromatic rings. The number of hydrogen-bond donors (Lipinski definition) is 0. The predicted molar refractivity (Wildman–Crippen MR) is 120 cm³/mol. The molecule has 0 aliphatic rings. The van der Waals surface area contributed by atoms with Crippen molar-refractivity contribution in [3.8, 4) is 0 Å². The van der Waals surface area contributed by atoms with Crippen molar-refractivity contribution in [3.05, 3.63) is 74.9 Å². The Balaban J connectivity index is 1.96. The number of aromatic nitrogens is 2. The number of carbonyl (C=O) groups excluding carboxylic acids is 1. The van der Waals surface area contributed by atoms with Crippen LogP contribution in [0.15, 0.2) is 58.1 Å². The van der Waals surface area contributed by atoms with Crippen LogP contribution in [-0.2, 0) is 6.54 Å². The summed E-state index contributed by atoms with van der Waals surface area (Å²) >= 11 is 0. The normalized spacial score (nSPS) is 12.1. The quantitative estimate of drug-likeness (QED) is 0.436. The van der Waals surface area contributed by atoms with E-state index in [9.17, 15) is 14.4 Å². The lowest BCUT2D eigenvalue weighted by Gasteiger charge is -2.12. The summed E-state index contributed by atoms with van der Waals surface area (Å²) in [6.07, 6.45) is 0. The molecule has 0 saturated heterocycles. The molecule has 0 fully saturated rings. The minimum atomic E-state index is -0.319. The summed E-state index contributed by atoms with van der Waals surface area (Å²) in [5.74, 6) is 0.0111. The lowest BCUT2D eigenvalue weighted by molar-refractivity contribution is 0.101. The molecule has 6 heteroatoms. The summed E-state index contributed by atoms with van der Waals surface area (Å²) in [7, 11) is 3.83. The molecule has 30 heavy (non-hydrogen) atoms. The second kappa shape index (κ2) is 6.50. The molecule has 0 atom stereocenters. The summed E-state index contributed by atoms with van der Waals surface area (Å²) in [5.41, 5.74) is 1.50. The third-order valence-electron chi connectivity index (χ3n) is 5.84. The first-order chi connectivity index (χ1) is 14.4. The monoisotopic (exact) mass is 399 g/mol. The molecule has 5 rings (SSSR count). The van der Waals surface area contributed by atoms with Gasteiger partial charge in [-0.3, -0.25) is 18.6 Å². The molecule has 0 aliphatic heterocycles. The second-order valence-corrected chi connectivity index (χ2v) is 8.03. The van der Waals surface area contributed by atoms with Crippen molar-refractivity contribution in [1.82, 2.24) is 13.9 Å². The van der Waals surface area contributed by atoms with Crippen LogP contribution in [0, 0.1) is 0 Å². The number of likely N-dealkylation sites (N-methyl/N-ethyl adjacent to an activating group) is 1.